The molecule has 0 radical (unpaired) electrons. The highest BCUT2D eigenvalue weighted by atomic mass is 16.7. The average molecular weight is 412 g/mol. The minimum atomic E-state index is -1.85. The van der Waals surface area contributed by atoms with Crippen molar-refractivity contribution in [3.63, 3.8) is 0 Å². The van der Waals surface area contributed by atoms with Gasteiger partial charge in [0.05, 0.1) is 37.6 Å². The molecule has 0 aliphatic carbocycles. The molecule has 2 aromatic rings. The van der Waals surface area contributed by atoms with Crippen LogP contribution in [0.3, 0.4) is 0 Å². The SMILES string of the molecule is COC(=O)c1ccccc1NC(=O)C[C@]1(C(=O)O)CC(c2ccc(OC)cc2)=NO1. The lowest BCUT2D eigenvalue weighted by atomic mass is 9.90. The number of carboxylic acid groups (broad SMARTS) is 1. The second-order valence-electron chi connectivity index (χ2n) is 6.60. The highest BCUT2D eigenvalue weighted by Gasteiger charge is 2.49. The Balaban J connectivity index is 1.75. The van der Waals surface area contributed by atoms with E-state index in [9.17, 15) is 19.5 Å². The van der Waals surface area contributed by atoms with Gasteiger partial charge in [-0.25, -0.2) is 9.59 Å². The molecule has 0 fully saturated rings. The standard InChI is InChI=1S/C21H20N2O7/c1-28-14-9-7-13(8-10-14)17-11-21(20(26)27,30-23-17)12-18(24)22-16-6-4-3-5-15(16)19(25)29-2/h3-10H,11-12H2,1-2H3,(H,22,24)(H,26,27)/t21-/m0/s1. The molecule has 30 heavy (non-hydrogen) atoms. The molecular weight excluding hydrogens is 392 g/mol. The topological polar surface area (TPSA) is 124 Å². The normalized spacial score (nSPS) is 17.5. The van der Waals surface area contributed by atoms with Crippen LogP contribution in [0.15, 0.2) is 53.7 Å². The van der Waals surface area contributed by atoms with E-state index >= 15 is 0 Å². The number of aliphatic carboxylic acids is 1. The van der Waals surface area contributed by atoms with Crippen LogP contribution in [0.1, 0.15) is 28.8 Å². The van der Waals surface area contributed by atoms with Gasteiger partial charge in [-0.15, -0.1) is 0 Å². The summed E-state index contributed by atoms with van der Waals surface area (Å²) in [4.78, 5) is 41.6. The molecule has 156 valence electrons. The van der Waals surface area contributed by atoms with Crippen molar-refractivity contribution in [3.8, 4) is 5.75 Å². The van der Waals surface area contributed by atoms with E-state index in [1.807, 2.05) is 0 Å². The number of nitrogens with one attached hydrogen (secondary N) is 1. The van der Waals surface area contributed by atoms with Crippen LogP contribution >= 0.6 is 0 Å². The number of amides is 1. The molecule has 9 heteroatoms. The van der Waals surface area contributed by atoms with E-state index in [1.54, 1.807) is 36.4 Å². The lowest BCUT2D eigenvalue weighted by molar-refractivity contribution is -0.165. The Morgan fingerprint density at radius 3 is 2.47 bits per heavy atom. The predicted octanol–water partition coefficient (Wildman–Crippen LogP) is 2.46. The number of methoxy groups -OCH3 is 2. The number of oxime groups is 1. The number of hydrogen-bond donors (Lipinski definition) is 2. The number of anilines is 1. The molecule has 1 heterocycles. The fraction of sp³-hybridized carbons (Fsp3) is 0.238. The molecule has 0 saturated carbocycles. The van der Waals surface area contributed by atoms with E-state index in [2.05, 4.69) is 10.5 Å². The van der Waals surface area contributed by atoms with Crippen LogP contribution in [0.25, 0.3) is 0 Å². The van der Waals surface area contributed by atoms with Crippen LogP contribution in [-0.2, 0) is 19.2 Å². The number of rotatable bonds is 7. The van der Waals surface area contributed by atoms with Crippen molar-refractivity contribution in [2.45, 2.75) is 18.4 Å². The first-order valence-corrected chi connectivity index (χ1v) is 8.98. The van der Waals surface area contributed by atoms with Crippen molar-refractivity contribution in [1.82, 2.24) is 0 Å². The number of carbonyl (C=O) groups excluding carboxylic acids is 2. The maximum absolute atomic E-state index is 12.6. The fourth-order valence-electron chi connectivity index (χ4n) is 3.03. The Kier molecular flexibility index (Phi) is 6.01. The summed E-state index contributed by atoms with van der Waals surface area (Å²) in [5, 5.41) is 16.2. The summed E-state index contributed by atoms with van der Waals surface area (Å²) in [6, 6.07) is 13.2. The van der Waals surface area contributed by atoms with Gasteiger partial charge in [-0.2, -0.15) is 0 Å². The monoisotopic (exact) mass is 412 g/mol. The third-order valence-electron chi connectivity index (χ3n) is 4.65. The first kappa shape index (κ1) is 20.8. The second kappa shape index (κ2) is 8.64. The van der Waals surface area contributed by atoms with Crippen molar-refractivity contribution >= 4 is 29.2 Å². The fourth-order valence-corrected chi connectivity index (χ4v) is 3.03. The summed E-state index contributed by atoms with van der Waals surface area (Å²) in [6.07, 6.45) is -0.596. The molecule has 0 saturated heterocycles. The molecule has 0 spiro atoms. The van der Waals surface area contributed by atoms with E-state index in [-0.39, 0.29) is 17.7 Å². The van der Waals surface area contributed by atoms with Gasteiger partial charge in [0.15, 0.2) is 0 Å². The Labute approximate surface area is 172 Å². The summed E-state index contributed by atoms with van der Waals surface area (Å²) in [7, 11) is 2.77. The summed E-state index contributed by atoms with van der Waals surface area (Å²) >= 11 is 0. The number of ether oxygens (including phenoxy) is 2. The molecule has 3 rings (SSSR count). The summed E-state index contributed by atoms with van der Waals surface area (Å²) in [5.41, 5.74) is -0.415. The molecule has 0 bridgehead atoms. The van der Waals surface area contributed by atoms with E-state index in [4.69, 9.17) is 14.3 Å². The lowest BCUT2D eigenvalue weighted by Gasteiger charge is -2.21. The molecule has 1 atom stereocenters. The van der Waals surface area contributed by atoms with Gasteiger partial charge in [0.25, 0.3) is 0 Å². The van der Waals surface area contributed by atoms with Crippen molar-refractivity contribution in [3.05, 3.63) is 59.7 Å². The van der Waals surface area contributed by atoms with Gasteiger partial charge in [-0.3, -0.25) is 4.79 Å². The van der Waals surface area contributed by atoms with Crippen LogP contribution in [-0.4, -0.2) is 48.5 Å². The zero-order valence-corrected chi connectivity index (χ0v) is 16.4. The number of hydrogen-bond acceptors (Lipinski definition) is 7. The van der Waals surface area contributed by atoms with E-state index < -0.39 is 29.9 Å². The molecule has 0 unspecified atom stereocenters. The quantitative estimate of drug-likeness (QED) is 0.670. The number of esters is 1. The van der Waals surface area contributed by atoms with Crippen LogP contribution in [0.5, 0.6) is 5.75 Å². The smallest absolute Gasteiger partial charge is 0.351 e. The van der Waals surface area contributed by atoms with Crippen molar-refractivity contribution in [2.24, 2.45) is 5.16 Å². The minimum Gasteiger partial charge on any atom is -0.497 e. The third-order valence-corrected chi connectivity index (χ3v) is 4.65. The molecule has 2 N–H and O–H groups in total. The molecule has 1 aliphatic heterocycles. The Morgan fingerprint density at radius 1 is 1.13 bits per heavy atom. The van der Waals surface area contributed by atoms with Crippen molar-refractivity contribution < 1.29 is 33.8 Å². The third kappa shape index (κ3) is 4.24. The molecular formula is C21H20N2O7. The Bertz CT molecular complexity index is 1000. The molecule has 1 aliphatic rings. The van der Waals surface area contributed by atoms with Crippen molar-refractivity contribution in [2.75, 3.05) is 19.5 Å². The van der Waals surface area contributed by atoms with Crippen molar-refractivity contribution in [1.29, 1.82) is 0 Å². The van der Waals surface area contributed by atoms with E-state index in [1.165, 1.54) is 26.4 Å². The zero-order valence-electron chi connectivity index (χ0n) is 16.4. The van der Waals surface area contributed by atoms with Gasteiger partial charge in [0.2, 0.25) is 11.5 Å². The molecule has 0 aromatic heterocycles. The van der Waals surface area contributed by atoms with Gasteiger partial charge in [-0.1, -0.05) is 17.3 Å². The highest BCUT2D eigenvalue weighted by Crippen LogP contribution is 2.31. The average Bonchev–Trinajstić information content (AvgIpc) is 3.19. The predicted molar refractivity (Wildman–Crippen MR) is 107 cm³/mol. The van der Waals surface area contributed by atoms with Crippen LogP contribution in [0.4, 0.5) is 5.69 Å². The van der Waals surface area contributed by atoms with Crippen LogP contribution in [0.2, 0.25) is 0 Å². The molecule has 2 aromatic carbocycles. The summed E-state index contributed by atoms with van der Waals surface area (Å²) < 4.78 is 9.80. The van der Waals surface area contributed by atoms with Gasteiger partial charge in [0.1, 0.15) is 5.75 Å². The second-order valence-corrected chi connectivity index (χ2v) is 6.60. The van der Waals surface area contributed by atoms with Gasteiger partial charge < -0.3 is 24.7 Å². The van der Waals surface area contributed by atoms with Gasteiger partial charge in [-0.05, 0) is 42.0 Å². The maximum atomic E-state index is 12.6. The van der Waals surface area contributed by atoms with Gasteiger partial charge >= 0.3 is 11.9 Å². The number of carbonyl (C=O) groups is 3. The molecule has 9 nitrogen and oxygen atoms in total. The Hall–Kier alpha value is -3.88. The maximum Gasteiger partial charge on any atom is 0.351 e. The number of nitrogens with zero attached hydrogens (tertiary/aromatic N) is 1. The number of carboxylic acids is 1. The lowest BCUT2D eigenvalue weighted by Crippen LogP contribution is -2.42. The van der Waals surface area contributed by atoms with Crippen LogP contribution in [0, 0.1) is 0 Å². The van der Waals surface area contributed by atoms with Crippen LogP contribution < -0.4 is 10.1 Å². The molecule has 1 amide bonds. The number of para-hydroxylation sites is 1. The van der Waals surface area contributed by atoms with Gasteiger partial charge in [0, 0.05) is 6.42 Å². The zero-order chi connectivity index (χ0) is 21.7. The van der Waals surface area contributed by atoms with E-state index in [0.29, 0.717) is 17.0 Å². The highest BCUT2D eigenvalue weighted by molar-refractivity contribution is 6.07. The number of benzene rings is 2. The largest absolute Gasteiger partial charge is 0.497 e. The summed E-state index contributed by atoms with van der Waals surface area (Å²) in [6.45, 7) is 0. The Morgan fingerprint density at radius 2 is 1.83 bits per heavy atom. The first-order chi connectivity index (χ1) is 14.4. The van der Waals surface area contributed by atoms with E-state index in [0.717, 1.165) is 0 Å². The first-order valence-electron chi connectivity index (χ1n) is 8.98. The summed E-state index contributed by atoms with van der Waals surface area (Å²) in [5.74, 6) is -1.93. The minimum absolute atomic E-state index is 0.0965.